The summed E-state index contributed by atoms with van der Waals surface area (Å²) in [5.41, 5.74) is 0.406. The highest BCUT2D eigenvalue weighted by Gasteiger charge is 2.34. The van der Waals surface area contributed by atoms with Crippen LogP contribution in [0.5, 0.6) is 0 Å². The zero-order valence-electron chi connectivity index (χ0n) is 11.2. The Morgan fingerprint density at radius 2 is 1.86 bits per heavy atom. The first kappa shape index (κ1) is 17.4. The van der Waals surface area contributed by atoms with E-state index in [-0.39, 0.29) is 5.91 Å². The number of carbonyl (C=O) groups is 1. The van der Waals surface area contributed by atoms with Crippen molar-refractivity contribution in [3.8, 4) is 0 Å². The third-order valence-corrected chi connectivity index (χ3v) is 3.68. The third kappa shape index (κ3) is 5.07. The molecule has 0 spiro atoms. The molecule has 1 aromatic carbocycles. The SMILES string of the molecule is O=C(N[C@H](NCc1ccco1)C(Cl)(Cl)Cl)c1ccc(Cl)cc1. The molecule has 2 N–H and O–H groups in total. The first-order valence-electron chi connectivity index (χ1n) is 6.25. The van der Waals surface area contributed by atoms with Gasteiger partial charge in [0.05, 0.1) is 12.8 Å². The van der Waals surface area contributed by atoms with Crippen LogP contribution in [0.4, 0.5) is 0 Å². The number of amides is 1. The van der Waals surface area contributed by atoms with Crippen LogP contribution in [0.1, 0.15) is 16.1 Å². The first-order valence-corrected chi connectivity index (χ1v) is 7.76. The fraction of sp³-hybridized carbons (Fsp3) is 0.214. The molecule has 4 nitrogen and oxygen atoms in total. The molecule has 2 aromatic rings. The molecule has 0 aliphatic rings. The molecule has 1 aromatic heterocycles. The Bertz CT molecular complexity index is 609. The zero-order valence-corrected chi connectivity index (χ0v) is 14.2. The summed E-state index contributed by atoms with van der Waals surface area (Å²) in [4.78, 5) is 12.2. The second-order valence-corrected chi connectivity index (χ2v) is 7.22. The second-order valence-electron chi connectivity index (χ2n) is 4.42. The predicted octanol–water partition coefficient (Wildman–Crippen LogP) is 4.15. The maximum absolute atomic E-state index is 12.2. The zero-order chi connectivity index (χ0) is 16.2. The average molecular weight is 382 g/mol. The smallest absolute Gasteiger partial charge is 0.252 e. The molecule has 8 heteroatoms. The Kier molecular flexibility index (Phi) is 6.01. The Hall–Kier alpha value is -0.910. The van der Waals surface area contributed by atoms with Gasteiger partial charge in [0.1, 0.15) is 11.9 Å². The normalized spacial score (nSPS) is 12.9. The van der Waals surface area contributed by atoms with Crippen molar-refractivity contribution in [3.63, 3.8) is 0 Å². The molecule has 1 amide bonds. The van der Waals surface area contributed by atoms with E-state index in [0.717, 1.165) is 0 Å². The van der Waals surface area contributed by atoms with E-state index in [1.165, 1.54) is 6.26 Å². The number of halogens is 4. The first-order chi connectivity index (χ1) is 10.4. The minimum absolute atomic E-state index is 0.298. The molecule has 1 heterocycles. The van der Waals surface area contributed by atoms with Gasteiger partial charge >= 0.3 is 0 Å². The largest absolute Gasteiger partial charge is 0.468 e. The van der Waals surface area contributed by atoms with Crippen molar-refractivity contribution in [2.45, 2.75) is 16.5 Å². The van der Waals surface area contributed by atoms with Crippen LogP contribution in [0.3, 0.4) is 0 Å². The molecule has 0 fully saturated rings. The van der Waals surface area contributed by atoms with E-state index in [1.807, 2.05) is 0 Å². The van der Waals surface area contributed by atoms with E-state index in [9.17, 15) is 4.79 Å². The Balaban J connectivity index is 2.03. The third-order valence-electron chi connectivity index (χ3n) is 2.77. The minimum Gasteiger partial charge on any atom is -0.468 e. The molecule has 118 valence electrons. The highest BCUT2D eigenvalue weighted by Crippen LogP contribution is 2.29. The lowest BCUT2D eigenvalue weighted by molar-refractivity contribution is 0.0928. The van der Waals surface area contributed by atoms with Crippen LogP contribution < -0.4 is 10.6 Å². The monoisotopic (exact) mass is 380 g/mol. The van der Waals surface area contributed by atoms with Crippen molar-refractivity contribution in [1.29, 1.82) is 0 Å². The maximum Gasteiger partial charge on any atom is 0.252 e. The van der Waals surface area contributed by atoms with E-state index in [0.29, 0.717) is 22.9 Å². The molecule has 0 saturated carbocycles. The highest BCUT2D eigenvalue weighted by atomic mass is 35.6. The van der Waals surface area contributed by atoms with Gasteiger partial charge in [-0.3, -0.25) is 10.1 Å². The van der Waals surface area contributed by atoms with E-state index < -0.39 is 9.96 Å². The molecule has 0 bridgehead atoms. The summed E-state index contributed by atoms with van der Waals surface area (Å²) in [6.45, 7) is 0.298. The number of furan rings is 1. The summed E-state index contributed by atoms with van der Waals surface area (Å²) in [5, 5.41) is 6.08. The van der Waals surface area contributed by atoms with E-state index in [1.54, 1.807) is 36.4 Å². The van der Waals surface area contributed by atoms with Crippen molar-refractivity contribution < 1.29 is 9.21 Å². The van der Waals surface area contributed by atoms with Gasteiger partial charge in [0.15, 0.2) is 0 Å². The van der Waals surface area contributed by atoms with Gasteiger partial charge in [0.2, 0.25) is 3.79 Å². The van der Waals surface area contributed by atoms with Crippen LogP contribution >= 0.6 is 46.4 Å². The maximum atomic E-state index is 12.2. The summed E-state index contributed by atoms with van der Waals surface area (Å²) in [6.07, 6.45) is 0.638. The summed E-state index contributed by atoms with van der Waals surface area (Å²) in [5.74, 6) is 0.264. The van der Waals surface area contributed by atoms with Crippen LogP contribution in [0, 0.1) is 0 Å². The summed E-state index contributed by atoms with van der Waals surface area (Å²) >= 11 is 23.5. The lowest BCUT2D eigenvalue weighted by Crippen LogP contribution is -2.53. The van der Waals surface area contributed by atoms with Gasteiger partial charge in [-0.2, -0.15) is 0 Å². The number of carbonyl (C=O) groups excluding carboxylic acids is 1. The number of alkyl halides is 3. The fourth-order valence-corrected chi connectivity index (χ4v) is 2.20. The average Bonchev–Trinajstić information content (AvgIpc) is 2.96. The molecule has 0 aliphatic heterocycles. The van der Waals surface area contributed by atoms with Gasteiger partial charge in [-0.15, -0.1) is 0 Å². The van der Waals surface area contributed by atoms with Gasteiger partial charge in [0.25, 0.3) is 5.91 Å². The lowest BCUT2D eigenvalue weighted by atomic mass is 10.2. The molecule has 0 unspecified atom stereocenters. The summed E-state index contributed by atoms with van der Waals surface area (Å²) in [7, 11) is 0. The Morgan fingerprint density at radius 1 is 1.18 bits per heavy atom. The van der Waals surface area contributed by atoms with Gasteiger partial charge in [0, 0.05) is 10.6 Å². The molecule has 0 saturated heterocycles. The number of rotatable bonds is 5. The Labute approximate surface area is 147 Å². The van der Waals surface area contributed by atoms with Gasteiger partial charge in [-0.1, -0.05) is 46.4 Å². The summed E-state index contributed by atoms with van der Waals surface area (Å²) < 4.78 is 3.45. The van der Waals surface area contributed by atoms with Crippen molar-refractivity contribution in [3.05, 3.63) is 59.0 Å². The Morgan fingerprint density at radius 3 is 2.41 bits per heavy atom. The van der Waals surface area contributed by atoms with Crippen LogP contribution in [0.2, 0.25) is 5.02 Å². The van der Waals surface area contributed by atoms with Gasteiger partial charge in [-0.05, 0) is 36.4 Å². The van der Waals surface area contributed by atoms with Gasteiger partial charge < -0.3 is 9.73 Å². The molecular weight excluding hydrogens is 370 g/mol. The van der Waals surface area contributed by atoms with Crippen molar-refractivity contribution >= 4 is 52.3 Å². The van der Waals surface area contributed by atoms with Gasteiger partial charge in [-0.25, -0.2) is 0 Å². The summed E-state index contributed by atoms with van der Waals surface area (Å²) in [6, 6.07) is 9.89. The molecule has 0 radical (unpaired) electrons. The number of hydrogen-bond acceptors (Lipinski definition) is 3. The van der Waals surface area contributed by atoms with Crippen molar-refractivity contribution in [1.82, 2.24) is 10.6 Å². The molecule has 0 aliphatic carbocycles. The van der Waals surface area contributed by atoms with Crippen LogP contribution in [-0.4, -0.2) is 15.9 Å². The molecule has 2 rings (SSSR count). The molecule has 22 heavy (non-hydrogen) atoms. The van der Waals surface area contributed by atoms with E-state index >= 15 is 0 Å². The number of hydrogen-bond donors (Lipinski definition) is 2. The van der Waals surface area contributed by atoms with Crippen LogP contribution in [0.25, 0.3) is 0 Å². The predicted molar refractivity (Wildman–Crippen MR) is 88.5 cm³/mol. The highest BCUT2D eigenvalue weighted by molar-refractivity contribution is 6.68. The van der Waals surface area contributed by atoms with E-state index in [2.05, 4.69) is 10.6 Å². The van der Waals surface area contributed by atoms with Crippen LogP contribution in [0.15, 0.2) is 47.1 Å². The minimum atomic E-state index is -1.73. The lowest BCUT2D eigenvalue weighted by Gasteiger charge is -2.26. The molecular formula is C14H12Cl4N2O2. The van der Waals surface area contributed by atoms with E-state index in [4.69, 9.17) is 50.8 Å². The van der Waals surface area contributed by atoms with Crippen LogP contribution in [-0.2, 0) is 6.54 Å². The van der Waals surface area contributed by atoms with Crippen molar-refractivity contribution in [2.75, 3.05) is 0 Å². The van der Waals surface area contributed by atoms with Crippen molar-refractivity contribution in [2.24, 2.45) is 0 Å². The standard InChI is InChI=1S/C14H12Cl4N2O2/c15-10-5-3-9(4-6-10)12(21)20-13(14(16,17)18)19-8-11-2-1-7-22-11/h1-7,13,19H,8H2,(H,20,21)/t13-/m0/s1. The topological polar surface area (TPSA) is 54.3 Å². The second kappa shape index (κ2) is 7.57. The number of benzene rings is 1. The molecule has 1 atom stereocenters. The quantitative estimate of drug-likeness (QED) is 0.604. The fourth-order valence-electron chi connectivity index (χ4n) is 1.68. The number of nitrogens with one attached hydrogen (secondary N) is 2.